The van der Waals surface area contributed by atoms with Gasteiger partial charge >= 0.3 is 0 Å². The van der Waals surface area contributed by atoms with E-state index in [0.717, 1.165) is 30.6 Å². The summed E-state index contributed by atoms with van der Waals surface area (Å²) in [5.41, 5.74) is 0.772. The molecule has 1 N–H and O–H groups in total. The number of nitrogens with one attached hydrogen (secondary N) is 1. The van der Waals surface area contributed by atoms with Crippen LogP contribution in [0.5, 0.6) is 11.5 Å². The third kappa shape index (κ3) is 4.13. The van der Waals surface area contributed by atoms with Crippen molar-refractivity contribution in [1.82, 2.24) is 5.32 Å². The maximum absolute atomic E-state index is 12.4. The Hall–Kier alpha value is -2.20. The van der Waals surface area contributed by atoms with Crippen molar-refractivity contribution in [1.29, 1.82) is 0 Å². The van der Waals surface area contributed by atoms with Gasteiger partial charge in [0.25, 0.3) is 5.91 Å². The van der Waals surface area contributed by atoms with E-state index in [1.165, 1.54) is 0 Å². The molecule has 26 heavy (non-hydrogen) atoms. The van der Waals surface area contributed by atoms with Crippen molar-refractivity contribution in [2.45, 2.75) is 44.8 Å². The Labute approximate surface area is 159 Å². The average Bonchev–Trinajstić information content (AvgIpc) is 2.67. The molecule has 0 unspecified atom stereocenters. The molecule has 0 fully saturated rings. The Bertz CT molecular complexity index is 756. The molecule has 0 aromatic heterocycles. The highest BCUT2D eigenvalue weighted by atomic mass is 35.5. The van der Waals surface area contributed by atoms with Crippen molar-refractivity contribution in [2.24, 2.45) is 0 Å². The summed E-state index contributed by atoms with van der Waals surface area (Å²) in [7, 11) is 0. The molecule has 0 saturated carbocycles. The SMILES string of the molecule is CCC1(CC)C[C@H](NC(=O)COc2ccc(Cl)cc2)c2ccccc2O1. The molecule has 4 nitrogen and oxygen atoms in total. The molecule has 0 radical (unpaired) electrons. The van der Waals surface area contributed by atoms with Crippen LogP contribution in [0, 0.1) is 0 Å². The van der Waals surface area contributed by atoms with E-state index in [4.69, 9.17) is 21.1 Å². The fourth-order valence-electron chi connectivity index (χ4n) is 3.35. The highest BCUT2D eigenvalue weighted by molar-refractivity contribution is 6.30. The van der Waals surface area contributed by atoms with Gasteiger partial charge < -0.3 is 14.8 Å². The van der Waals surface area contributed by atoms with E-state index in [1.807, 2.05) is 24.3 Å². The van der Waals surface area contributed by atoms with Gasteiger partial charge in [-0.3, -0.25) is 4.79 Å². The van der Waals surface area contributed by atoms with E-state index in [-0.39, 0.29) is 24.2 Å². The first-order valence-corrected chi connectivity index (χ1v) is 9.38. The molecule has 1 heterocycles. The lowest BCUT2D eigenvalue weighted by Crippen LogP contribution is -2.45. The minimum absolute atomic E-state index is 0.0353. The normalized spacial score (nSPS) is 17.7. The second-order valence-corrected chi connectivity index (χ2v) is 7.03. The van der Waals surface area contributed by atoms with Crippen LogP contribution in [-0.4, -0.2) is 18.1 Å². The molecule has 0 aliphatic carbocycles. The van der Waals surface area contributed by atoms with Crippen molar-refractivity contribution in [3.05, 3.63) is 59.1 Å². The number of fused-ring (bicyclic) bond motifs is 1. The van der Waals surface area contributed by atoms with Crippen LogP contribution in [0.2, 0.25) is 5.02 Å². The van der Waals surface area contributed by atoms with E-state index in [2.05, 4.69) is 19.2 Å². The number of hydrogen-bond acceptors (Lipinski definition) is 3. The standard InChI is InChI=1S/C21H24ClNO3/c1-3-21(4-2)13-18(17-7-5-6-8-19(17)26-21)23-20(24)14-25-16-11-9-15(22)10-12-16/h5-12,18H,3-4,13-14H2,1-2H3,(H,23,24)/t18-/m0/s1. The molecular weight excluding hydrogens is 350 g/mol. The van der Waals surface area contributed by atoms with Gasteiger partial charge in [0.15, 0.2) is 6.61 Å². The summed E-state index contributed by atoms with van der Waals surface area (Å²) in [5.74, 6) is 1.32. The van der Waals surface area contributed by atoms with E-state index < -0.39 is 0 Å². The summed E-state index contributed by atoms with van der Waals surface area (Å²) >= 11 is 5.86. The molecule has 1 aliphatic rings. The minimum Gasteiger partial charge on any atom is -0.487 e. The fourth-order valence-corrected chi connectivity index (χ4v) is 3.47. The van der Waals surface area contributed by atoms with E-state index in [1.54, 1.807) is 24.3 Å². The first-order valence-electron chi connectivity index (χ1n) is 9.01. The van der Waals surface area contributed by atoms with Gasteiger partial charge in [0.2, 0.25) is 0 Å². The molecule has 0 saturated heterocycles. The van der Waals surface area contributed by atoms with E-state index in [0.29, 0.717) is 10.8 Å². The maximum Gasteiger partial charge on any atom is 0.258 e. The van der Waals surface area contributed by atoms with E-state index >= 15 is 0 Å². The quantitative estimate of drug-likeness (QED) is 0.781. The molecule has 5 heteroatoms. The number of amides is 1. The second kappa shape index (κ2) is 8.00. The minimum atomic E-state index is -0.247. The number of para-hydroxylation sites is 1. The number of rotatable bonds is 6. The lowest BCUT2D eigenvalue weighted by Gasteiger charge is -2.41. The first-order chi connectivity index (χ1) is 12.5. The van der Waals surface area contributed by atoms with Gasteiger partial charge in [-0.2, -0.15) is 0 Å². The van der Waals surface area contributed by atoms with Crippen molar-refractivity contribution in [2.75, 3.05) is 6.61 Å². The Morgan fingerprint density at radius 2 is 1.88 bits per heavy atom. The molecule has 0 bridgehead atoms. The van der Waals surface area contributed by atoms with Crippen LogP contribution >= 0.6 is 11.6 Å². The van der Waals surface area contributed by atoms with Crippen molar-refractivity contribution in [3.63, 3.8) is 0 Å². The number of hydrogen-bond donors (Lipinski definition) is 1. The van der Waals surface area contributed by atoms with Crippen LogP contribution in [-0.2, 0) is 4.79 Å². The smallest absolute Gasteiger partial charge is 0.258 e. The third-order valence-electron chi connectivity index (χ3n) is 5.00. The van der Waals surface area contributed by atoms with Gasteiger partial charge in [-0.05, 0) is 43.2 Å². The van der Waals surface area contributed by atoms with Crippen LogP contribution in [0.25, 0.3) is 0 Å². The molecule has 3 rings (SSSR count). The molecule has 2 aromatic rings. The number of benzene rings is 2. The zero-order valence-electron chi connectivity index (χ0n) is 15.1. The van der Waals surface area contributed by atoms with Crippen LogP contribution in [0.3, 0.4) is 0 Å². The number of carbonyl (C=O) groups excluding carboxylic acids is 1. The van der Waals surface area contributed by atoms with Gasteiger partial charge in [-0.25, -0.2) is 0 Å². The van der Waals surface area contributed by atoms with Gasteiger partial charge in [-0.15, -0.1) is 0 Å². The average molecular weight is 374 g/mol. The van der Waals surface area contributed by atoms with Gasteiger partial charge in [-0.1, -0.05) is 43.6 Å². The molecule has 1 amide bonds. The predicted octanol–water partition coefficient (Wildman–Crippen LogP) is 4.92. The van der Waals surface area contributed by atoms with Crippen LogP contribution in [0.15, 0.2) is 48.5 Å². The third-order valence-corrected chi connectivity index (χ3v) is 5.26. The Kier molecular flexibility index (Phi) is 5.72. The summed E-state index contributed by atoms with van der Waals surface area (Å²) in [4.78, 5) is 12.4. The number of ether oxygens (including phenoxy) is 2. The summed E-state index contributed by atoms with van der Waals surface area (Å²) in [5, 5.41) is 3.75. The largest absolute Gasteiger partial charge is 0.487 e. The monoisotopic (exact) mass is 373 g/mol. The van der Waals surface area contributed by atoms with Crippen LogP contribution in [0.4, 0.5) is 0 Å². The van der Waals surface area contributed by atoms with Crippen LogP contribution < -0.4 is 14.8 Å². The Morgan fingerprint density at radius 1 is 1.19 bits per heavy atom. The summed E-state index contributed by atoms with van der Waals surface area (Å²) in [6.45, 7) is 4.21. The van der Waals surface area contributed by atoms with Gasteiger partial charge in [0.1, 0.15) is 17.1 Å². The topological polar surface area (TPSA) is 47.6 Å². The van der Waals surface area contributed by atoms with Crippen molar-refractivity contribution >= 4 is 17.5 Å². The zero-order chi connectivity index (χ0) is 18.6. The van der Waals surface area contributed by atoms with E-state index in [9.17, 15) is 4.79 Å². The van der Waals surface area contributed by atoms with Crippen molar-refractivity contribution < 1.29 is 14.3 Å². The highest BCUT2D eigenvalue weighted by Crippen LogP contribution is 2.42. The molecule has 1 aliphatic heterocycles. The van der Waals surface area contributed by atoms with Gasteiger partial charge in [0, 0.05) is 17.0 Å². The molecule has 0 spiro atoms. The molecule has 1 atom stereocenters. The first kappa shape index (κ1) is 18.6. The van der Waals surface area contributed by atoms with Crippen molar-refractivity contribution in [3.8, 4) is 11.5 Å². The lowest BCUT2D eigenvalue weighted by atomic mass is 9.83. The highest BCUT2D eigenvalue weighted by Gasteiger charge is 2.38. The van der Waals surface area contributed by atoms with Crippen LogP contribution in [0.1, 0.15) is 44.7 Å². The second-order valence-electron chi connectivity index (χ2n) is 6.60. The summed E-state index contributed by atoms with van der Waals surface area (Å²) in [6.07, 6.45) is 2.54. The summed E-state index contributed by atoms with van der Waals surface area (Å²) in [6, 6.07) is 14.8. The number of carbonyl (C=O) groups is 1. The predicted molar refractivity (Wildman–Crippen MR) is 103 cm³/mol. The number of halogens is 1. The molecule has 138 valence electrons. The fraction of sp³-hybridized carbons (Fsp3) is 0.381. The lowest BCUT2D eigenvalue weighted by molar-refractivity contribution is -0.124. The zero-order valence-corrected chi connectivity index (χ0v) is 15.9. The maximum atomic E-state index is 12.4. The molecule has 2 aromatic carbocycles. The van der Waals surface area contributed by atoms with Gasteiger partial charge in [0.05, 0.1) is 6.04 Å². The summed E-state index contributed by atoms with van der Waals surface area (Å²) < 4.78 is 11.8. The Balaban J connectivity index is 1.69. The Morgan fingerprint density at radius 3 is 2.58 bits per heavy atom. The molecular formula is C21H24ClNO3.